The minimum Gasteiger partial charge on any atom is -0.497 e. The molecular formula is C22H22ClN3O4. The third-order valence-corrected chi connectivity index (χ3v) is 5.53. The van der Waals surface area contributed by atoms with Crippen LogP contribution < -0.4 is 9.47 Å². The standard InChI is InChI=1S/C22H22ClN3O4/c1-28-18-11-16(12-19(13-18)29-2)22(27)26-9-7-15(8-10-26)21-24-20(25-30-21)14-3-5-17(23)6-4-14/h3-6,11-13,15H,7-10H2,1-2H3. The van der Waals surface area contributed by atoms with Gasteiger partial charge in [-0.2, -0.15) is 4.98 Å². The van der Waals surface area contributed by atoms with E-state index in [1.807, 2.05) is 17.0 Å². The van der Waals surface area contributed by atoms with E-state index in [1.54, 1.807) is 44.6 Å². The van der Waals surface area contributed by atoms with Gasteiger partial charge in [0.05, 0.1) is 14.2 Å². The normalized spacial score (nSPS) is 14.6. The van der Waals surface area contributed by atoms with E-state index in [0.29, 0.717) is 46.9 Å². The highest BCUT2D eigenvalue weighted by atomic mass is 35.5. The predicted molar refractivity (Wildman–Crippen MR) is 112 cm³/mol. The molecule has 0 radical (unpaired) electrons. The number of piperidine rings is 1. The molecule has 0 aliphatic carbocycles. The van der Waals surface area contributed by atoms with Crippen LogP contribution in [0.3, 0.4) is 0 Å². The predicted octanol–water partition coefficient (Wildman–Crippen LogP) is 4.43. The number of hydrogen-bond donors (Lipinski definition) is 0. The van der Waals surface area contributed by atoms with Crippen LogP contribution >= 0.6 is 11.6 Å². The molecule has 1 saturated heterocycles. The Morgan fingerprint density at radius 3 is 2.30 bits per heavy atom. The quantitative estimate of drug-likeness (QED) is 0.599. The second-order valence-corrected chi connectivity index (χ2v) is 7.57. The average Bonchev–Trinajstić information content (AvgIpc) is 3.29. The highest BCUT2D eigenvalue weighted by Gasteiger charge is 2.28. The van der Waals surface area contributed by atoms with Crippen molar-refractivity contribution < 1.29 is 18.8 Å². The van der Waals surface area contributed by atoms with Crippen molar-refractivity contribution in [3.63, 3.8) is 0 Å². The van der Waals surface area contributed by atoms with Crippen molar-refractivity contribution in [2.24, 2.45) is 0 Å². The highest BCUT2D eigenvalue weighted by Crippen LogP contribution is 2.30. The van der Waals surface area contributed by atoms with Gasteiger partial charge in [0, 0.05) is 41.2 Å². The molecule has 0 N–H and O–H groups in total. The van der Waals surface area contributed by atoms with Gasteiger partial charge in [0.15, 0.2) is 0 Å². The van der Waals surface area contributed by atoms with Crippen LogP contribution in [0.1, 0.15) is 35.0 Å². The van der Waals surface area contributed by atoms with E-state index in [0.717, 1.165) is 18.4 Å². The molecule has 0 bridgehead atoms. The number of hydrogen-bond acceptors (Lipinski definition) is 6. The first-order chi connectivity index (χ1) is 14.6. The molecule has 7 nitrogen and oxygen atoms in total. The van der Waals surface area contributed by atoms with Crippen LogP contribution in [0.2, 0.25) is 5.02 Å². The summed E-state index contributed by atoms with van der Waals surface area (Å²) in [5.74, 6) is 2.42. The Morgan fingerprint density at radius 1 is 1.07 bits per heavy atom. The van der Waals surface area contributed by atoms with Crippen LogP contribution in [-0.4, -0.2) is 48.3 Å². The summed E-state index contributed by atoms with van der Waals surface area (Å²) in [5.41, 5.74) is 1.40. The minimum atomic E-state index is -0.0435. The van der Waals surface area contributed by atoms with Gasteiger partial charge < -0.3 is 18.9 Å². The van der Waals surface area contributed by atoms with Gasteiger partial charge in [-0.05, 0) is 49.2 Å². The van der Waals surface area contributed by atoms with E-state index in [2.05, 4.69) is 10.1 Å². The summed E-state index contributed by atoms with van der Waals surface area (Å²) < 4.78 is 16.0. The number of carbonyl (C=O) groups excluding carboxylic acids is 1. The van der Waals surface area contributed by atoms with Gasteiger partial charge in [0.25, 0.3) is 5.91 Å². The molecule has 30 heavy (non-hydrogen) atoms. The van der Waals surface area contributed by atoms with Crippen molar-refractivity contribution in [2.45, 2.75) is 18.8 Å². The van der Waals surface area contributed by atoms with Crippen molar-refractivity contribution in [1.82, 2.24) is 15.0 Å². The summed E-state index contributed by atoms with van der Waals surface area (Å²) in [6, 6.07) is 12.5. The maximum Gasteiger partial charge on any atom is 0.254 e. The Balaban J connectivity index is 1.42. The fourth-order valence-electron chi connectivity index (χ4n) is 3.56. The van der Waals surface area contributed by atoms with Crippen molar-refractivity contribution in [1.29, 1.82) is 0 Å². The number of nitrogens with zero attached hydrogens (tertiary/aromatic N) is 3. The molecule has 1 aromatic heterocycles. The maximum atomic E-state index is 12.9. The largest absolute Gasteiger partial charge is 0.497 e. The molecule has 0 unspecified atom stereocenters. The Morgan fingerprint density at radius 2 is 1.70 bits per heavy atom. The number of rotatable bonds is 5. The van der Waals surface area contributed by atoms with Gasteiger partial charge in [-0.1, -0.05) is 16.8 Å². The molecular weight excluding hydrogens is 406 g/mol. The lowest BCUT2D eigenvalue weighted by Gasteiger charge is -2.30. The van der Waals surface area contributed by atoms with Crippen molar-refractivity contribution in [3.05, 3.63) is 58.9 Å². The second kappa shape index (κ2) is 8.75. The van der Waals surface area contributed by atoms with Crippen molar-refractivity contribution in [2.75, 3.05) is 27.3 Å². The third kappa shape index (κ3) is 4.26. The summed E-state index contributed by atoms with van der Waals surface area (Å²) in [4.78, 5) is 19.3. The number of methoxy groups -OCH3 is 2. The number of ether oxygens (including phenoxy) is 2. The molecule has 1 fully saturated rings. The van der Waals surface area contributed by atoms with E-state index in [9.17, 15) is 4.79 Å². The summed E-state index contributed by atoms with van der Waals surface area (Å²) in [7, 11) is 3.13. The summed E-state index contributed by atoms with van der Waals surface area (Å²) in [6.45, 7) is 1.23. The van der Waals surface area contributed by atoms with E-state index in [1.165, 1.54) is 0 Å². The Hall–Kier alpha value is -3.06. The molecule has 1 aliphatic rings. The lowest BCUT2D eigenvalue weighted by atomic mass is 9.96. The summed E-state index contributed by atoms with van der Waals surface area (Å²) in [6.07, 6.45) is 1.52. The van der Waals surface area contributed by atoms with Crippen LogP contribution in [0.4, 0.5) is 0 Å². The first-order valence-electron chi connectivity index (χ1n) is 9.69. The second-order valence-electron chi connectivity index (χ2n) is 7.13. The third-order valence-electron chi connectivity index (χ3n) is 5.27. The number of carbonyl (C=O) groups is 1. The summed E-state index contributed by atoms with van der Waals surface area (Å²) in [5, 5.41) is 4.75. The van der Waals surface area contributed by atoms with Crippen LogP contribution in [0.5, 0.6) is 11.5 Å². The molecule has 4 rings (SSSR count). The zero-order valence-corrected chi connectivity index (χ0v) is 17.6. The number of benzene rings is 2. The molecule has 0 spiro atoms. The fourth-order valence-corrected chi connectivity index (χ4v) is 3.69. The van der Waals surface area contributed by atoms with E-state index in [-0.39, 0.29) is 11.8 Å². The molecule has 3 aromatic rings. The molecule has 8 heteroatoms. The fraction of sp³-hybridized carbons (Fsp3) is 0.318. The molecule has 156 valence electrons. The van der Waals surface area contributed by atoms with Gasteiger partial charge in [-0.3, -0.25) is 4.79 Å². The van der Waals surface area contributed by atoms with Crippen molar-refractivity contribution >= 4 is 17.5 Å². The van der Waals surface area contributed by atoms with Crippen LogP contribution in [-0.2, 0) is 0 Å². The Labute approximate surface area is 179 Å². The van der Waals surface area contributed by atoms with Crippen LogP contribution in [0.15, 0.2) is 47.0 Å². The minimum absolute atomic E-state index is 0.0435. The van der Waals surface area contributed by atoms with Gasteiger partial charge >= 0.3 is 0 Å². The van der Waals surface area contributed by atoms with E-state index >= 15 is 0 Å². The topological polar surface area (TPSA) is 77.7 Å². The number of aromatic nitrogens is 2. The van der Waals surface area contributed by atoms with E-state index in [4.69, 9.17) is 25.6 Å². The first kappa shape index (κ1) is 20.2. The molecule has 0 saturated carbocycles. The number of likely N-dealkylation sites (tertiary alicyclic amines) is 1. The number of amides is 1. The van der Waals surface area contributed by atoms with E-state index < -0.39 is 0 Å². The van der Waals surface area contributed by atoms with Crippen molar-refractivity contribution in [3.8, 4) is 22.9 Å². The van der Waals surface area contributed by atoms with Gasteiger partial charge in [0.2, 0.25) is 11.7 Å². The average molecular weight is 428 g/mol. The molecule has 1 amide bonds. The molecule has 2 heterocycles. The van der Waals surface area contributed by atoms with Gasteiger partial charge in [-0.15, -0.1) is 0 Å². The Bertz CT molecular complexity index is 1000. The zero-order chi connectivity index (χ0) is 21.1. The highest BCUT2D eigenvalue weighted by molar-refractivity contribution is 6.30. The monoisotopic (exact) mass is 427 g/mol. The SMILES string of the molecule is COc1cc(OC)cc(C(=O)N2CCC(c3nc(-c4ccc(Cl)cc4)no3)CC2)c1. The maximum absolute atomic E-state index is 12.9. The smallest absolute Gasteiger partial charge is 0.254 e. The lowest BCUT2D eigenvalue weighted by molar-refractivity contribution is 0.0704. The Kier molecular flexibility index (Phi) is 5.90. The van der Waals surface area contributed by atoms with Gasteiger partial charge in [-0.25, -0.2) is 0 Å². The first-order valence-corrected chi connectivity index (χ1v) is 10.1. The number of halogens is 1. The summed E-state index contributed by atoms with van der Waals surface area (Å²) >= 11 is 5.93. The lowest BCUT2D eigenvalue weighted by Crippen LogP contribution is -2.38. The van der Waals surface area contributed by atoms with Crippen LogP contribution in [0.25, 0.3) is 11.4 Å². The van der Waals surface area contributed by atoms with Gasteiger partial charge in [0.1, 0.15) is 11.5 Å². The molecule has 2 aromatic carbocycles. The molecule has 1 aliphatic heterocycles. The van der Waals surface area contributed by atoms with Crippen LogP contribution in [0, 0.1) is 0 Å². The molecule has 0 atom stereocenters. The zero-order valence-electron chi connectivity index (χ0n) is 16.8.